The number of esters is 3. The Labute approximate surface area is 327 Å². The van der Waals surface area contributed by atoms with Crippen LogP contribution in [0.3, 0.4) is 0 Å². The molecular formula is C47H84O6. The summed E-state index contributed by atoms with van der Waals surface area (Å²) < 4.78 is 16.6. The largest absolute Gasteiger partial charge is 0.462 e. The van der Waals surface area contributed by atoms with Crippen LogP contribution in [0.4, 0.5) is 0 Å². The molecule has 0 bridgehead atoms. The van der Waals surface area contributed by atoms with E-state index in [9.17, 15) is 14.4 Å². The molecule has 0 aliphatic carbocycles. The van der Waals surface area contributed by atoms with Gasteiger partial charge < -0.3 is 14.2 Å². The molecule has 0 saturated heterocycles. The molecule has 0 N–H and O–H groups in total. The van der Waals surface area contributed by atoms with Gasteiger partial charge in [-0.25, -0.2) is 0 Å². The number of ether oxygens (including phenoxy) is 3. The third-order valence-electron chi connectivity index (χ3n) is 9.62. The highest BCUT2D eigenvalue weighted by Crippen LogP contribution is 2.13. The summed E-state index contributed by atoms with van der Waals surface area (Å²) in [5, 5.41) is 0. The van der Waals surface area contributed by atoms with Crippen molar-refractivity contribution in [3.05, 3.63) is 36.5 Å². The molecule has 6 nitrogen and oxygen atoms in total. The maximum atomic E-state index is 12.7. The van der Waals surface area contributed by atoms with Gasteiger partial charge in [-0.1, -0.05) is 166 Å². The summed E-state index contributed by atoms with van der Waals surface area (Å²) in [4.78, 5) is 37.6. The van der Waals surface area contributed by atoms with Gasteiger partial charge in [0.05, 0.1) is 0 Å². The molecule has 0 aromatic heterocycles. The van der Waals surface area contributed by atoms with Gasteiger partial charge in [0, 0.05) is 19.3 Å². The Kier molecular flexibility index (Phi) is 40.5. The van der Waals surface area contributed by atoms with E-state index in [0.29, 0.717) is 19.3 Å². The average Bonchev–Trinajstić information content (AvgIpc) is 3.15. The fraction of sp³-hybridized carbons (Fsp3) is 0.809. The zero-order chi connectivity index (χ0) is 38.7. The molecule has 0 heterocycles. The molecule has 0 rings (SSSR count). The molecule has 0 aliphatic rings. The molecule has 0 aromatic carbocycles. The second kappa shape index (κ2) is 42.4. The monoisotopic (exact) mass is 745 g/mol. The van der Waals surface area contributed by atoms with Gasteiger partial charge in [0.25, 0.3) is 0 Å². The Bertz CT molecular complexity index is 907. The third-order valence-corrected chi connectivity index (χ3v) is 9.62. The summed E-state index contributed by atoms with van der Waals surface area (Å²) in [6, 6.07) is 0. The van der Waals surface area contributed by atoms with Gasteiger partial charge in [-0.3, -0.25) is 14.4 Å². The van der Waals surface area contributed by atoms with Crippen LogP contribution in [0.25, 0.3) is 0 Å². The van der Waals surface area contributed by atoms with Gasteiger partial charge in [-0.15, -0.1) is 0 Å². The van der Waals surface area contributed by atoms with E-state index in [1.807, 2.05) is 0 Å². The lowest BCUT2D eigenvalue weighted by molar-refractivity contribution is -0.167. The summed E-state index contributed by atoms with van der Waals surface area (Å²) in [5.41, 5.74) is 0. The summed E-state index contributed by atoms with van der Waals surface area (Å²) in [5.74, 6) is -0.909. The maximum Gasteiger partial charge on any atom is 0.306 e. The Morgan fingerprint density at radius 1 is 0.377 bits per heavy atom. The van der Waals surface area contributed by atoms with Crippen molar-refractivity contribution in [3.8, 4) is 0 Å². The van der Waals surface area contributed by atoms with Gasteiger partial charge in [0.15, 0.2) is 6.10 Å². The summed E-state index contributed by atoms with van der Waals surface area (Å²) in [6.45, 7) is 6.52. The third kappa shape index (κ3) is 40.6. The van der Waals surface area contributed by atoms with Gasteiger partial charge in [-0.2, -0.15) is 0 Å². The maximum absolute atomic E-state index is 12.7. The average molecular weight is 745 g/mol. The summed E-state index contributed by atoms with van der Waals surface area (Å²) in [7, 11) is 0. The van der Waals surface area contributed by atoms with Crippen LogP contribution < -0.4 is 0 Å². The quantitative estimate of drug-likeness (QED) is 0.0269. The Morgan fingerprint density at radius 2 is 0.679 bits per heavy atom. The molecule has 0 aromatic rings. The van der Waals surface area contributed by atoms with Crippen molar-refractivity contribution in [3.63, 3.8) is 0 Å². The fourth-order valence-electron chi connectivity index (χ4n) is 6.17. The van der Waals surface area contributed by atoms with Crippen LogP contribution in [-0.2, 0) is 28.6 Å². The number of unbranched alkanes of at least 4 members (excludes halogenated alkanes) is 23. The highest BCUT2D eigenvalue weighted by molar-refractivity contribution is 5.71. The van der Waals surface area contributed by atoms with Gasteiger partial charge >= 0.3 is 17.9 Å². The smallest absolute Gasteiger partial charge is 0.306 e. The molecule has 0 aliphatic heterocycles. The lowest BCUT2D eigenvalue weighted by Crippen LogP contribution is -2.30. The number of hydrogen-bond donors (Lipinski definition) is 0. The molecule has 1 atom stereocenters. The predicted molar refractivity (Wildman–Crippen MR) is 224 cm³/mol. The first kappa shape index (κ1) is 50.6. The molecule has 0 amide bonds. The van der Waals surface area contributed by atoms with E-state index >= 15 is 0 Å². The van der Waals surface area contributed by atoms with Crippen LogP contribution in [-0.4, -0.2) is 37.2 Å². The normalized spacial score (nSPS) is 12.3. The first-order valence-corrected chi connectivity index (χ1v) is 22.5. The minimum Gasteiger partial charge on any atom is -0.462 e. The summed E-state index contributed by atoms with van der Waals surface area (Å²) in [6.07, 6.45) is 47.0. The van der Waals surface area contributed by atoms with Crippen molar-refractivity contribution in [1.82, 2.24) is 0 Å². The van der Waals surface area contributed by atoms with Crippen molar-refractivity contribution >= 4 is 17.9 Å². The minimum absolute atomic E-state index is 0.0793. The van der Waals surface area contributed by atoms with E-state index in [4.69, 9.17) is 14.2 Å². The zero-order valence-corrected chi connectivity index (χ0v) is 35.0. The van der Waals surface area contributed by atoms with Gasteiger partial charge in [0.1, 0.15) is 13.2 Å². The van der Waals surface area contributed by atoms with Crippen LogP contribution in [0.2, 0.25) is 0 Å². The van der Waals surface area contributed by atoms with Crippen LogP contribution in [0.1, 0.15) is 226 Å². The van der Waals surface area contributed by atoms with Gasteiger partial charge in [0.2, 0.25) is 0 Å². The molecule has 53 heavy (non-hydrogen) atoms. The fourth-order valence-corrected chi connectivity index (χ4v) is 6.17. The lowest BCUT2D eigenvalue weighted by Gasteiger charge is -2.18. The van der Waals surface area contributed by atoms with E-state index in [-0.39, 0.29) is 31.1 Å². The van der Waals surface area contributed by atoms with Crippen molar-refractivity contribution in [2.45, 2.75) is 232 Å². The van der Waals surface area contributed by atoms with E-state index < -0.39 is 6.10 Å². The topological polar surface area (TPSA) is 78.9 Å². The van der Waals surface area contributed by atoms with Crippen molar-refractivity contribution in [1.29, 1.82) is 0 Å². The Morgan fingerprint density at radius 3 is 1.11 bits per heavy atom. The molecule has 0 radical (unpaired) electrons. The van der Waals surface area contributed by atoms with Crippen molar-refractivity contribution in [2.24, 2.45) is 0 Å². The minimum atomic E-state index is -0.775. The van der Waals surface area contributed by atoms with E-state index in [1.54, 1.807) is 0 Å². The Balaban J connectivity index is 4.33. The van der Waals surface area contributed by atoms with Crippen LogP contribution in [0, 0.1) is 0 Å². The Hall–Kier alpha value is -2.37. The number of rotatable bonds is 40. The molecule has 308 valence electrons. The number of allylic oxidation sites excluding steroid dienone is 6. The zero-order valence-electron chi connectivity index (χ0n) is 35.0. The van der Waals surface area contributed by atoms with E-state index in [0.717, 1.165) is 89.9 Å². The second-order valence-electron chi connectivity index (χ2n) is 15.0. The van der Waals surface area contributed by atoms with Crippen molar-refractivity contribution < 1.29 is 28.6 Å². The first-order valence-electron chi connectivity index (χ1n) is 22.5. The highest BCUT2D eigenvalue weighted by atomic mass is 16.6. The lowest BCUT2D eigenvalue weighted by atomic mass is 10.1. The first-order chi connectivity index (χ1) is 26.0. The number of carbonyl (C=O) groups excluding carboxylic acids is 3. The molecular weight excluding hydrogens is 661 g/mol. The molecule has 1 unspecified atom stereocenters. The molecule has 0 fully saturated rings. The molecule has 6 heteroatoms. The number of hydrogen-bond acceptors (Lipinski definition) is 6. The second-order valence-corrected chi connectivity index (χ2v) is 15.0. The molecule has 0 spiro atoms. The predicted octanol–water partition coefficient (Wildman–Crippen LogP) is 14.2. The standard InChI is InChI=1S/C47H84O6/c1-4-7-10-13-16-18-20-22-23-24-25-27-28-31-34-37-40-46(49)52-43-44(42-51-45(48)39-36-33-30-15-12-9-6-3)53-47(50)41-38-35-32-29-26-21-19-17-14-11-8-5-2/h17-20,23-24,44H,4-16,21-22,25-43H2,1-3H3/b19-17-,20-18-,24-23-. The van der Waals surface area contributed by atoms with Crippen LogP contribution >= 0.6 is 0 Å². The number of carbonyl (C=O) groups is 3. The van der Waals surface area contributed by atoms with Crippen LogP contribution in [0.15, 0.2) is 36.5 Å². The summed E-state index contributed by atoms with van der Waals surface area (Å²) >= 11 is 0. The van der Waals surface area contributed by atoms with Gasteiger partial charge in [-0.05, 0) is 77.0 Å². The SMILES string of the molecule is CCCCC/C=C\CCCCCCCC(=O)OC(COC(=O)CCCCCCC/C=C\C/C=C\CCCCCC)COC(=O)CCCCCCCCC. The van der Waals surface area contributed by atoms with Crippen molar-refractivity contribution in [2.75, 3.05) is 13.2 Å². The van der Waals surface area contributed by atoms with E-state index in [2.05, 4.69) is 57.2 Å². The molecule has 0 saturated carbocycles. The highest BCUT2D eigenvalue weighted by Gasteiger charge is 2.19. The van der Waals surface area contributed by atoms with Crippen LogP contribution in [0.5, 0.6) is 0 Å². The van der Waals surface area contributed by atoms with E-state index in [1.165, 1.54) is 96.3 Å².